The van der Waals surface area contributed by atoms with Gasteiger partial charge in [-0.05, 0) is 38.0 Å². The number of ether oxygens (including phenoxy) is 4. The molecule has 0 aromatic carbocycles. The van der Waals surface area contributed by atoms with E-state index in [1.54, 1.807) is 0 Å². The van der Waals surface area contributed by atoms with E-state index in [-0.39, 0.29) is 24.4 Å². The minimum atomic E-state index is -0.996. The molecule has 5 heteroatoms. The first-order valence-corrected chi connectivity index (χ1v) is 9.47. The van der Waals surface area contributed by atoms with Crippen LogP contribution >= 0.6 is 0 Å². The van der Waals surface area contributed by atoms with Gasteiger partial charge in [0, 0.05) is 32.8 Å². The molecule has 5 unspecified atom stereocenters. The van der Waals surface area contributed by atoms with Crippen LogP contribution in [0.2, 0.25) is 0 Å². The fourth-order valence-corrected chi connectivity index (χ4v) is 3.41. The van der Waals surface area contributed by atoms with Crippen LogP contribution in [0, 0.1) is 11.8 Å². The molecule has 2 fully saturated rings. The molecule has 0 amide bonds. The minimum Gasteiger partial charge on any atom is -0.378 e. The van der Waals surface area contributed by atoms with Crippen molar-refractivity contribution in [1.82, 2.24) is 0 Å². The molecule has 0 aromatic rings. The third-order valence-electron chi connectivity index (χ3n) is 4.90. The lowest BCUT2D eigenvalue weighted by molar-refractivity contribution is -0.141. The maximum Gasteiger partial charge on any atom is 0.149 e. The zero-order chi connectivity index (χ0) is 17.6. The lowest BCUT2D eigenvalue weighted by Gasteiger charge is -2.39. The van der Waals surface area contributed by atoms with Crippen molar-refractivity contribution < 1.29 is 23.3 Å². The zero-order valence-corrected chi connectivity index (χ0v) is 15.8. The quantitative estimate of drug-likeness (QED) is 0.670. The van der Waals surface area contributed by atoms with Crippen molar-refractivity contribution in [3.05, 3.63) is 0 Å². The number of halogens is 1. The molecule has 24 heavy (non-hydrogen) atoms. The van der Waals surface area contributed by atoms with Gasteiger partial charge in [0.2, 0.25) is 0 Å². The first-order chi connectivity index (χ1) is 11.4. The highest BCUT2D eigenvalue weighted by atomic mass is 19.1. The number of hydrogen-bond acceptors (Lipinski definition) is 4. The van der Waals surface area contributed by atoms with Crippen molar-refractivity contribution in [2.24, 2.45) is 11.8 Å². The van der Waals surface area contributed by atoms with E-state index in [0.29, 0.717) is 31.5 Å². The second-order valence-corrected chi connectivity index (χ2v) is 8.19. The molecule has 142 valence electrons. The molecule has 2 heterocycles. The molecule has 0 saturated carbocycles. The average Bonchev–Trinajstić information content (AvgIpc) is 2.52. The first-order valence-electron chi connectivity index (χ1n) is 9.47. The van der Waals surface area contributed by atoms with Gasteiger partial charge in [0.15, 0.2) is 0 Å². The molecule has 2 rings (SSSR count). The van der Waals surface area contributed by atoms with Crippen molar-refractivity contribution in [2.75, 3.05) is 33.0 Å². The van der Waals surface area contributed by atoms with E-state index in [1.807, 2.05) is 0 Å². The molecular weight excluding hydrogens is 311 g/mol. The van der Waals surface area contributed by atoms with Gasteiger partial charge in [-0.25, -0.2) is 4.39 Å². The van der Waals surface area contributed by atoms with Crippen LogP contribution in [0.15, 0.2) is 0 Å². The fraction of sp³-hybridized carbons (Fsp3) is 1.00. The van der Waals surface area contributed by atoms with E-state index in [4.69, 9.17) is 18.9 Å². The van der Waals surface area contributed by atoms with Crippen LogP contribution in [0.5, 0.6) is 0 Å². The molecular formula is C19H35FO4. The Kier molecular flexibility index (Phi) is 7.92. The van der Waals surface area contributed by atoms with E-state index in [0.717, 1.165) is 32.5 Å². The topological polar surface area (TPSA) is 36.9 Å². The standard InChI is InChI=1S/C19H35FO4/c1-14(2)11-24-19(4)6-8-22-16(10-19)9-15(3)12-23-18-5-7-21-13-17(18)20/h14-18H,5-13H2,1-4H3. The van der Waals surface area contributed by atoms with Crippen molar-refractivity contribution in [3.63, 3.8) is 0 Å². The van der Waals surface area contributed by atoms with Crippen LogP contribution in [0.3, 0.4) is 0 Å². The Morgan fingerprint density at radius 1 is 1.21 bits per heavy atom. The summed E-state index contributed by atoms with van der Waals surface area (Å²) in [7, 11) is 0. The summed E-state index contributed by atoms with van der Waals surface area (Å²) in [5.41, 5.74) is -0.0848. The highest BCUT2D eigenvalue weighted by Crippen LogP contribution is 2.31. The Balaban J connectivity index is 1.71. The number of hydrogen-bond donors (Lipinski definition) is 0. The SMILES string of the molecule is CC(C)COC1(C)CCOC(CC(C)COC2CCOCC2F)C1. The Morgan fingerprint density at radius 2 is 2.00 bits per heavy atom. The summed E-state index contributed by atoms with van der Waals surface area (Å²) < 4.78 is 36.7. The maximum absolute atomic E-state index is 13.7. The Morgan fingerprint density at radius 3 is 2.71 bits per heavy atom. The third-order valence-corrected chi connectivity index (χ3v) is 4.90. The van der Waals surface area contributed by atoms with E-state index in [1.165, 1.54) is 0 Å². The van der Waals surface area contributed by atoms with Crippen LogP contribution in [0.25, 0.3) is 0 Å². The fourth-order valence-electron chi connectivity index (χ4n) is 3.41. The van der Waals surface area contributed by atoms with Crippen LogP contribution in [-0.4, -0.2) is 57.0 Å². The van der Waals surface area contributed by atoms with E-state index >= 15 is 0 Å². The minimum absolute atomic E-state index is 0.0848. The molecule has 0 spiro atoms. The van der Waals surface area contributed by atoms with Crippen LogP contribution < -0.4 is 0 Å². The molecule has 2 aliphatic heterocycles. The predicted molar refractivity (Wildman–Crippen MR) is 92.0 cm³/mol. The van der Waals surface area contributed by atoms with Gasteiger partial charge in [0.05, 0.1) is 24.4 Å². The molecule has 4 nitrogen and oxygen atoms in total. The van der Waals surface area contributed by atoms with Crippen LogP contribution in [0.1, 0.15) is 53.4 Å². The highest BCUT2D eigenvalue weighted by Gasteiger charge is 2.35. The van der Waals surface area contributed by atoms with Gasteiger partial charge in [0.1, 0.15) is 6.17 Å². The predicted octanol–water partition coefficient (Wildman–Crippen LogP) is 3.77. The zero-order valence-electron chi connectivity index (χ0n) is 15.8. The average molecular weight is 346 g/mol. The maximum atomic E-state index is 13.7. The van der Waals surface area contributed by atoms with Crippen molar-refractivity contribution in [3.8, 4) is 0 Å². The van der Waals surface area contributed by atoms with Crippen LogP contribution in [-0.2, 0) is 18.9 Å². The summed E-state index contributed by atoms with van der Waals surface area (Å²) in [5, 5.41) is 0. The number of alkyl halides is 1. The molecule has 0 radical (unpaired) electrons. The second kappa shape index (κ2) is 9.46. The van der Waals surface area contributed by atoms with Gasteiger partial charge in [0.25, 0.3) is 0 Å². The van der Waals surface area contributed by atoms with Gasteiger partial charge in [-0.1, -0.05) is 20.8 Å². The molecule has 2 saturated heterocycles. The summed E-state index contributed by atoms with van der Waals surface area (Å²) >= 11 is 0. The third kappa shape index (κ3) is 6.58. The van der Waals surface area contributed by atoms with Crippen molar-refractivity contribution in [2.45, 2.75) is 77.4 Å². The summed E-state index contributed by atoms with van der Waals surface area (Å²) in [6, 6.07) is 0. The van der Waals surface area contributed by atoms with Gasteiger partial charge in [-0.15, -0.1) is 0 Å². The van der Waals surface area contributed by atoms with Gasteiger partial charge >= 0.3 is 0 Å². The van der Waals surface area contributed by atoms with E-state index in [9.17, 15) is 4.39 Å². The Bertz CT molecular complexity index is 365. The Labute approximate surface area is 146 Å². The second-order valence-electron chi connectivity index (χ2n) is 8.19. The van der Waals surface area contributed by atoms with Gasteiger partial charge in [-0.3, -0.25) is 0 Å². The molecule has 2 aliphatic rings. The Hall–Kier alpha value is -0.230. The normalized spacial score (nSPS) is 36.0. The summed E-state index contributed by atoms with van der Waals surface area (Å²) in [6.07, 6.45) is 2.35. The highest BCUT2D eigenvalue weighted by molar-refractivity contribution is 4.85. The van der Waals surface area contributed by atoms with E-state index in [2.05, 4.69) is 27.7 Å². The molecule has 0 aliphatic carbocycles. The summed E-state index contributed by atoms with van der Waals surface area (Å²) in [5.74, 6) is 0.890. The monoisotopic (exact) mass is 346 g/mol. The first kappa shape index (κ1) is 20.1. The lowest BCUT2D eigenvalue weighted by atomic mass is 9.88. The van der Waals surface area contributed by atoms with Gasteiger partial charge in [-0.2, -0.15) is 0 Å². The molecule has 0 aromatic heterocycles. The van der Waals surface area contributed by atoms with E-state index < -0.39 is 6.17 Å². The van der Waals surface area contributed by atoms with Crippen molar-refractivity contribution >= 4 is 0 Å². The summed E-state index contributed by atoms with van der Waals surface area (Å²) in [6.45, 7) is 11.6. The van der Waals surface area contributed by atoms with Crippen molar-refractivity contribution in [1.29, 1.82) is 0 Å². The van der Waals surface area contributed by atoms with Gasteiger partial charge < -0.3 is 18.9 Å². The number of rotatable bonds is 8. The molecule has 0 N–H and O–H groups in total. The molecule has 0 bridgehead atoms. The smallest absolute Gasteiger partial charge is 0.149 e. The summed E-state index contributed by atoms with van der Waals surface area (Å²) in [4.78, 5) is 0. The largest absolute Gasteiger partial charge is 0.378 e. The molecule has 5 atom stereocenters. The van der Waals surface area contributed by atoms with Crippen LogP contribution in [0.4, 0.5) is 4.39 Å². The lowest BCUT2D eigenvalue weighted by Crippen LogP contribution is -2.42.